The molecule has 1 heterocycles. The Labute approximate surface area is 121 Å². The van der Waals surface area contributed by atoms with Crippen LogP contribution in [-0.2, 0) is 6.54 Å². The summed E-state index contributed by atoms with van der Waals surface area (Å²) in [7, 11) is 0. The zero-order valence-corrected chi connectivity index (χ0v) is 12.4. The van der Waals surface area contributed by atoms with Crippen LogP contribution in [0.25, 0.3) is 5.69 Å². The van der Waals surface area contributed by atoms with Gasteiger partial charge >= 0.3 is 0 Å². The van der Waals surface area contributed by atoms with Crippen molar-refractivity contribution in [3.05, 3.63) is 47.3 Å². The van der Waals surface area contributed by atoms with Crippen molar-refractivity contribution in [2.45, 2.75) is 39.7 Å². The molecule has 0 atom stereocenters. The second-order valence-electron chi connectivity index (χ2n) is 5.82. The van der Waals surface area contributed by atoms with Crippen LogP contribution in [0.4, 0.5) is 0 Å². The van der Waals surface area contributed by atoms with Gasteiger partial charge in [-0.15, -0.1) is 0 Å². The molecule has 0 aliphatic heterocycles. The molecule has 0 saturated heterocycles. The molecule has 1 fully saturated rings. The second-order valence-corrected chi connectivity index (χ2v) is 5.82. The van der Waals surface area contributed by atoms with Gasteiger partial charge in [-0.05, 0) is 51.3 Å². The van der Waals surface area contributed by atoms with Crippen LogP contribution in [0.15, 0.2) is 30.3 Å². The lowest BCUT2D eigenvalue weighted by Crippen LogP contribution is -2.27. The van der Waals surface area contributed by atoms with Crippen molar-refractivity contribution in [1.29, 1.82) is 0 Å². The minimum Gasteiger partial charge on any atom is -0.312 e. The Morgan fingerprint density at radius 2 is 1.95 bits per heavy atom. The fourth-order valence-electron chi connectivity index (χ4n) is 2.85. The van der Waals surface area contributed by atoms with E-state index in [4.69, 9.17) is 0 Å². The molecule has 106 valence electrons. The molecule has 2 aromatic rings. The van der Waals surface area contributed by atoms with Gasteiger partial charge < -0.3 is 5.32 Å². The van der Waals surface area contributed by atoms with Gasteiger partial charge in [-0.3, -0.25) is 0 Å². The van der Waals surface area contributed by atoms with E-state index in [1.165, 1.54) is 30.5 Å². The standard InChI is InChI=1S/C17H23N3/c1-13-17(12-18-11-15-7-6-8-15)14(2)20(19-13)16-9-4-3-5-10-16/h3-5,9-10,15,18H,6-8,11-12H2,1-2H3. The van der Waals surface area contributed by atoms with Crippen molar-refractivity contribution in [3.8, 4) is 5.69 Å². The van der Waals surface area contributed by atoms with Gasteiger partial charge in [0.2, 0.25) is 0 Å². The number of aromatic nitrogens is 2. The summed E-state index contributed by atoms with van der Waals surface area (Å²) in [6, 6.07) is 10.4. The van der Waals surface area contributed by atoms with Gasteiger partial charge in [0.15, 0.2) is 0 Å². The number of rotatable bonds is 5. The van der Waals surface area contributed by atoms with E-state index in [0.29, 0.717) is 0 Å². The smallest absolute Gasteiger partial charge is 0.0648 e. The molecule has 1 aromatic heterocycles. The van der Waals surface area contributed by atoms with Gasteiger partial charge in [0.05, 0.1) is 11.4 Å². The third-order valence-corrected chi connectivity index (χ3v) is 4.40. The summed E-state index contributed by atoms with van der Waals surface area (Å²) in [6.45, 7) is 6.34. The van der Waals surface area contributed by atoms with Crippen LogP contribution >= 0.6 is 0 Å². The van der Waals surface area contributed by atoms with Crippen molar-refractivity contribution in [1.82, 2.24) is 15.1 Å². The molecule has 1 N–H and O–H groups in total. The van der Waals surface area contributed by atoms with Gasteiger partial charge in [0, 0.05) is 17.8 Å². The van der Waals surface area contributed by atoms with Gasteiger partial charge in [-0.1, -0.05) is 24.6 Å². The predicted molar refractivity (Wildman–Crippen MR) is 82.1 cm³/mol. The third kappa shape index (κ3) is 2.63. The quantitative estimate of drug-likeness (QED) is 0.902. The summed E-state index contributed by atoms with van der Waals surface area (Å²) in [4.78, 5) is 0. The van der Waals surface area contributed by atoms with Crippen LogP contribution in [0.3, 0.4) is 0 Å². The molecule has 0 spiro atoms. The Morgan fingerprint density at radius 3 is 2.60 bits per heavy atom. The van der Waals surface area contributed by atoms with Crippen molar-refractivity contribution in [2.24, 2.45) is 5.92 Å². The number of nitrogens with zero attached hydrogens (tertiary/aromatic N) is 2. The topological polar surface area (TPSA) is 29.9 Å². The Bertz CT molecular complexity index is 567. The molecule has 0 amide bonds. The lowest BCUT2D eigenvalue weighted by molar-refractivity contribution is 0.301. The first-order chi connectivity index (χ1) is 9.75. The fraction of sp³-hybridized carbons (Fsp3) is 0.471. The number of para-hydroxylation sites is 1. The Morgan fingerprint density at radius 1 is 1.20 bits per heavy atom. The SMILES string of the molecule is Cc1nn(-c2ccccc2)c(C)c1CNCC1CCC1. The predicted octanol–water partition coefficient (Wildman–Crippen LogP) is 3.38. The molecule has 1 saturated carbocycles. The molecule has 3 rings (SSSR count). The molecular formula is C17H23N3. The maximum absolute atomic E-state index is 4.69. The van der Waals surface area contributed by atoms with E-state index in [1.54, 1.807) is 0 Å². The first-order valence-corrected chi connectivity index (χ1v) is 7.57. The van der Waals surface area contributed by atoms with Gasteiger partial charge in [0.1, 0.15) is 0 Å². The van der Waals surface area contributed by atoms with E-state index in [1.807, 2.05) is 6.07 Å². The normalized spacial score (nSPS) is 15.3. The van der Waals surface area contributed by atoms with Gasteiger partial charge in [0.25, 0.3) is 0 Å². The fourth-order valence-corrected chi connectivity index (χ4v) is 2.85. The molecule has 1 aliphatic rings. The molecule has 1 aromatic carbocycles. The van der Waals surface area contributed by atoms with E-state index in [0.717, 1.165) is 30.4 Å². The molecular weight excluding hydrogens is 246 g/mol. The first-order valence-electron chi connectivity index (χ1n) is 7.57. The maximum atomic E-state index is 4.69. The summed E-state index contributed by atoms with van der Waals surface area (Å²) in [6.07, 6.45) is 4.21. The van der Waals surface area contributed by atoms with Crippen molar-refractivity contribution in [2.75, 3.05) is 6.54 Å². The maximum Gasteiger partial charge on any atom is 0.0648 e. The van der Waals surface area contributed by atoms with Crippen molar-refractivity contribution >= 4 is 0 Å². The molecule has 1 aliphatic carbocycles. The van der Waals surface area contributed by atoms with Crippen LogP contribution in [0.5, 0.6) is 0 Å². The molecule has 3 heteroatoms. The molecule has 20 heavy (non-hydrogen) atoms. The van der Waals surface area contributed by atoms with E-state index in [2.05, 4.69) is 53.2 Å². The molecule has 3 nitrogen and oxygen atoms in total. The largest absolute Gasteiger partial charge is 0.312 e. The van der Waals surface area contributed by atoms with Crippen molar-refractivity contribution < 1.29 is 0 Å². The number of benzene rings is 1. The number of hydrogen-bond donors (Lipinski definition) is 1. The highest BCUT2D eigenvalue weighted by atomic mass is 15.3. The highest BCUT2D eigenvalue weighted by Gasteiger charge is 2.17. The van der Waals surface area contributed by atoms with E-state index < -0.39 is 0 Å². The minimum absolute atomic E-state index is 0.903. The van der Waals surface area contributed by atoms with Crippen molar-refractivity contribution in [3.63, 3.8) is 0 Å². The summed E-state index contributed by atoms with van der Waals surface area (Å²) in [5, 5.41) is 8.29. The van der Waals surface area contributed by atoms with Crippen LogP contribution in [0.2, 0.25) is 0 Å². The zero-order chi connectivity index (χ0) is 13.9. The summed E-state index contributed by atoms with van der Waals surface area (Å²) >= 11 is 0. The van der Waals surface area contributed by atoms with E-state index in [9.17, 15) is 0 Å². The lowest BCUT2D eigenvalue weighted by Gasteiger charge is -2.25. The number of hydrogen-bond acceptors (Lipinski definition) is 2. The Balaban J connectivity index is 1.73. The number of aryl methyl sites for hydroxylation is 1. The zero-order valence-electron chi connectivity index (χ0n) is 12.4. The Hall–Kier alpha value is -1.61. The van der Waals surface area contributed by atoms with Crippen LogP contribution in [0, 0.1) is 19.8 Å². The average Bonchev–Trinajstić information content (AvgIpc) is 2.70. The van der Waals surface area contributed by atoms with E-state index in [-0.39, 0.29) is 0 Å². The minimum atomic E-state index is 0.903. The van der Waals surface area contributed by atoms with Gasteiger partial charge in [-0.25, -0.2) is 4.68 Å². The van der Waals surface area contributed by atoms with Crippen LogP contribution < -0.4 is 5.32 Å². The first kappa shape index (κ1) is 13.4. The van der Waals surface area contributed by atoms with Crippen LogP contribution in [0.1, 0.15) is 36.2 Å². The van der Waals surface area contributed by atoms with Crippen LogP contribution in [-0.4, -0.2) is 16.3 Å². The highest BCUT2D eigenvalue weighted by Crippen LogP contribution is 2.25. The average molecular weight is 269 g/mol. The Kier molecular flexibility index (Phi) is 3.88. The summed E-state index contributed by atoms with van der Waals surface area (Å²) in [5.74, 6) is 0.903. The highest BCUT2D eigenvalue weighted by molar-refractivity contribution is 5.36. The summed E-state index contributed by atoms with van der Waals surface area (Å²) in [5.41, 5.74) is 4.86. The van der Waals surface area contributed by atoms with Gasteiger partial charge in [-0.2, -0.15) is 5.10 Å². The molecule has 0 unspecified atom stereocenters. The number of nitrogens with one attached hydrogen (secondary N) is 1. The second kappa shape index (κ2) is 5.80. The lowest BCUT2D eigenvalue weighted by atomic mass is 9.85. The van der Waals surface area contributed by atoms with E-state index >= 15 is 0 Å². The third-order valence-electron chi connectivity index (χ3n) is 4.40. The summed E-state index contributed by atoms with van der Waals surface area (Å²) < 4.78 is 2.05. The molecule has 0 radical (unpaired) electrons. The monoisotopic (exact) mass is 269 g/mol. The molecule has 0 bridgehead atoms.